The monoisotopic (exact) mass is 275 g/mol. The van der Waals surface area contributed by atoms with Crippen LogP contribution >= 0.6 is 0 Å². The fraction of sp³-hybridized carbons (Fsp3) is 0.750. The van der Waals surface area contributed by atoms with Gasteiger partial charge in [0.2, 0.25) is 5.91 Å². The molecular formula is C16H25N3O. The minimum atomic E-state index is 0.170. The standard InChI is InChI=1S/C16H25N3O/c1-10-11(2)18-19-15(10)17-16(20)14-8-7-12-5-3-4-6-13(12)9-14/h12-14H,3-9H2,1-2H3,(H2,17,18,19,20). The van der Waals surface area contributed by atoms with Crippen molar-refractivity contribution < 1.29 is 4.79 Å². The topological polar surface area (TPSA) is 57.8 Å². The molecule has 2 fully saturated rings. The molecule has 3 atom stereocenters. The zero-order valence-electron chi connectivity index (χ0n) is 12.5. The van der Waals surface area contributed by atoms with Crippen molar-refractivity contribution >= 4 is 11.7 Å². The third-order valence-electron chi connectivity index (χ3n) is 5.41. The van der Waals surface area contributed by atoms with E-state index in [1.54, 1.807) is 0 Å². The molecule has 4 heteroatoms. The highest BCUT2D eigenvalue weighted by Crippen LogP contribution is 2.42. The van der Waals surface area contributed by atoms with Gasteiger partial charge in [-0.1, -0.05) is 25.7 Å². The zero-order chi connectivity index (χ0) is 14.1. The molecule has 0 saturated heterocycles. The Morgan fingerprint density at radius 2 is 1.90 bits per heavy atom. The number of rotatable bonds is 2. The molecule has 3 unspecified atom stereocenters. The van der Waals surface area contributed by atoms with Gasteiger partial charge in [0.15, 0.2) is 5.82 Å². The van der Waals surface area contributed by atoms with Crippen molar-refractivity contribution in [3.8, 4) is 0 Å². The number of H-pyrrole nitrogens is 1. The van der Waals surface area contributed by atoms with Crippen molar-refractivity contribution in [1.82, 2.24) is 10.2 Å². The summed E-state index contributed by atoms with van der Waals surface area (Å²) >= 11 is 0. The Balaban J connectivity index is 1.61. The molecule has 0 radical (unpaired) electrons. The molecule has 0 aliphatic heterocycles. The Kier molecular flexibility index (Phi) is 3.81. The number of nitrogens with one attached hydrogen (secondary N) is 2. The van der Waals surface area contributed by atoms with Crippen molar-refractivity contribution in [2.24, 2.45) is 17.8 Å². The summed E-state index contributed by atoms with van der Waals surface area (Å²) in [4.78, 5) is 12.4. The van der Waals surface area contributed by atoms with E-state index in [0.29, 0.717) is 5.82 Å². The highest BCUT2D eigenvalue weighted by Gasteiger charge is 2.35. The Bertz CT molecular complexity index is 494. The van der Waals surface area contributed by atoms with Crippen molar-refractivity contribution in [2.75, 3.05) is 5.32 Å². The van der Waals surface area contributed by atoms with Gasteiger partial charge in [0.1, 0.15) is 0 Å². The Hall–Kier alpha value is -1.32. The van der Waals surface area contributed by atoms with E-state index in [9.17, 15) is 4.79 Å². The van der Waals surface area contributed by atoms with Crippen LogP contribution in [-0.2, 0) is 4.79 Å². The molecule has 1 amide bonds. The van der Waals surface area contributed by atoms with E-state index in [0.717, 1.165) is 35.9 Å². The molecule has 2 saturated carbocycles. The maximum atomic E-state index is 12.4. The van der Waals surface area contributed by atoms with Crippen LogP contribution < -0.4 is 5.32 Å². The summed E-state index contributed by atoms with van der Waals surface area (Å²) < 4.78 is 0. The van der Waals surface area contributed by atoms with Crippen molar-refractivity contribution in [3.05, 3.63) is 11.3 Å². The second kappa shape index (κ2) is 5.58. The summed E-state index contributed by atoms with van der Waals surface area (Å²) in [6.45, 7) is 3.97. The van der Waals surface area contributed by atoms with Gasteiger partial charge >= 0.3 is 0 Å². The summed E-state index contributed by atoms with van der Waals surface area (Å²) in [5, 5.41) is 10.1. The molecule has 20 heavy (non-hydrogen) atoms. The van der Waals surface area contributed by atoms with Gasteiger partial charge in [0.25, 0.3) is 0 Å². The van der Waals surface area contributed by atoms with E-state index in [1.807, 2.05) is 13.8 Å². The van der Waals surface area contributed by atoms with Crippen LogP contribution in [0.15, 0.2) is 0 Å². The lowest BCUT2D eigenvalue weighted by Gasteiger charge is -2.38. The number of hydrogen-bond donors (Lipinski definition) is 2. The van der Waals surface area contributed by atoms with E-state index in [-0.39, 0.29) is 11.8 Å². The molecule has 110 valence electrons. The number of anilines is 1. The third-order valence-corrected chi connectivity index (χ3v) is 5.41. The molecule has 0 bridgehead atoms. The largest absolute Gasteiger partial charge is 0.309 e. The Morgan fingerprint density at radius 3 is 2.60 bits per heavy atom. The van der Waals surface area contributed by atoms with Gasteiger partial charge < -0.3 is 5.32 Å². The first kappa shape index (κ1) is 13.7. The van der Waals surface area contributed by atoms with Gasteiger partial charge in [-0.2, -0.15) is 5.10 Å². The summed E-state index contributed by atoms with van der Waals surface area (Å²) in [5.41, 5.74) is 2.07. The first-order valence-corrected chi connectivity index (χ1v) is 7.97. The first-order valence-electron chi connectivity index (χ1n) is 7.97. The normalized spacial score (nSPS) is 29.8. The van der Waals surface area contributed by atoms with E-state index in [4.69, 9.17) is 0 Å². The second-order valence-electron chi connectivity index (χ2n) is 6.63. The molecule has 0 aromatic carbocycles. The number of fused-ring (bicyclic) bond motifs is 1. The first-order chi connectivity index (χ1) is 9.65. The average molecular weight is 275 g/mol. The molecule has 3 rings (SSSR count). The van der Waals surface area contributed by atoms with Gasteiger partial charge in [-0.05, 0) is 44.9 Å². The number of aromatic nitrogens is 2. The van der Waals surface area contributed by atoms with Crippen LogP contribution in [0.5, 0.6) is 0 Å². The SMILES string of the molecule is Cc1[nH]nc(NC(=O)C2CCC3CCCCC3C2)c1C. The summed E-state index contributed by atoms with van der Waals surface area (Å²) in [7, 11) is 0. The van der Waals surface area contributed by atoms with Gasteiger partial charge in [-0.25, -0.2) is 0 Å². The molecule has 1 heterocycles. The molecule has 1 aromatic rings. The predicted molar refractivity (Wildman–Crippen MR) is 79.5 cm³/mol. The second-order valence-corrected chi connectivity index (χ2v) is 6.63. The number of amides is 1. The number of hydrogen-bond acceptors (Lipinski definition) is 2. The Labute approximate surface area is 120 Å². The molecule has 2 aliphatic rings. The van der Waals surface area contributed by atoms with E-state index >= 15 is 0 Å². The minimum Gasteiger partial charge on any atom is -0.309 e. The van der Waals surface area contributed by atoms with Gasteiger partial charge in [0.05, 0.1) is 0 Å². The third kappa shape index (κ3) is 2.60. The van der Waals surface area contributed by atoms with Crippen LogP contribution in [0.1, 0.15) is 56.2 Å². The number of aryl methyl sites for hydroxylation is 1. The van der Waals surface area contributed by atoms with Crippen molar-refractivity contribution in [3.63, 3.8) is 0 Å². The molecule has 0 spiro atoms. The van der Waals surface area contributed by atoms with E-state index in [2.05, 4.69) is 15.5 Å². The highest BCUT2D eigenvalue weighted by atomic mass is 16.2. The molecule has 2 N–H and O–H groups in total. The lowest BCUT2D eigenvalue weighted by Crippen LogP contribution is -2.34. The minimum absolute atomic E-state index is 0.170. The van der Waals surface area contributed by atoms with E-state index in [1.165, 1.54) is 32.1 Å². The zero-order valence-corrected chi connectivity index (χ0v) is 12.5. The number of nitrogens with zero attached hydrogens (tertiary/aromatic N) is 1. The lowest BCUT2D eigenvalue weighted by atomic mass is 9.67. The molecule has 1 aromatic heterocycles. The van der Waals surface area contributed by atoms with Crippen molar-refractivity contribution in [1.29, 1.82) is 0 Å². The number of carbonyl (C=O) groups excluding carboxylic acids is 1. The maximum absolute atomic E-state index is 12.4. The van der Waals surface area contributed by atoms with Crippen LogP contribution in [0.4, 0.5) is 5.82 Å². The van der Waals surface area contributed by atoms with Crippen LogP contribution in [0.2, 0.25) is 0 Å². The molecule has 4 nitrogen and oxygen atoms in total. The quantitative estimate of drug-likeness (QED) is 0.867. The molecule has 2 aliphatic carbocycles. The van der Waals surface area contributed by atoms with Crippen LogP contribution in [0, 0.1) is 31.6 Å². The fourth-order valence-corrected chi connectivity index (χ4v) is 3.94. The van der Waals surface area contributed by atoms with Gasteiger partial charge in [-0.15, -0.1) is 0 Å². The summed E-state index contributed by atoms with van der Waals surface area (Å²) in [6, 6.07) is 0. The lowest BCUT2D eigenvalue weighted by molar-refractivity contribution is -0.122. The van der Waals surface area contributed by atoms with Crippen LogP contribution in [-0.4, -0.2) is 16.1 Å². The van der Waals surface area contributed by atoms with Crippen molar-refractivity contribution in [2.45, 2.75) is 58.8 Å². The molecular weight excluding hydrogens is 250 g/mol. The number of carbonyl (C=O) groups is 1. The average Bonchev–Trinajstić information content (AvgIpc) is 2.78. The van der Waals surface area contributed by atoms with E-state index < -0.39 is 0 Å². The fourth-order valence-electron chi connectivity index (χ4n) is 3.94. The summed E-state index contributed by atoms with van der Waals surface area (Å²) in [6.07, 6.45) is 8.83. The van der Waals surface area contributed by atoms with Crippen LogP contribution in [0.25, 0.3) is 0 Å². The summed E-state index contributed by atoms with van der Waals surface area (Å²) in [5.74, 6) is 2.74. The Morgan fingerprint density at radius 1 is 1.15 bits per heavy atom. The van der Waals surface area contributed by atoms with Gasteiger partial charge in [0, 0.05) is 17.2 Å². The maximum Gasteiger partial charge on any atom is 0.228 e. The smallest absolute Gasteiger partial charge is 0.228 e. The van der Waals surface area contributed by atoms with Gasteiger partial charge in [-0.3, -0.25) is 9.89 Å². The predicted octanol–water partition coefficient (Wildman–Crippen LogP) is 3.57. The van der Waals surface area contributed by atoms with Crippen LogP contribution in [0.3, 0.4) is 0 Å². The highest BCUT2D eigenvalue weighted by molar-refractivity contribution is 5.92. The number of aromatic amines is 1.